The summed E-state index contributed by atoms with van der Waals surface area (Å²) in [7, 11) is -4.35. The molecular weight excluding hydrogens is 389 g/mol. The van der Waals surface area contributed by atoms with E-state index in [1.807, 2.05) is 0 Å². The molecule has 0 radical (unpaired) electrons. The fraction of sp³-hybridized carbons (Fsp3) is 0.950. The molecule has 8 heteroatoms. The number of nitrogens with zero attached hydrogens (tertiary/aromatic N) is 1. The molecule has 0 saturated carbocycles. The molecule has 1 amide bonds. The van der Waals surface area contributed by atoms with Crippen LogP contribution in [0.4, 0.5) is 0 Å². The smallest absolute Gasteiger partial charge is 0.748 e. The van der Waals surface area contributed by atoms with Crippen LogP contribution < -0.4 is 29.6 Å². The van der Waals surface area contributed by atoms with Crippen LogP contribution in [0, 0.1) is 0 Å². The predicted molar refractivity (Wildman–Crippen MR) is 109 cm³/mol. The van der Waals surface area contributed by atoms with Gasteiger partial charge >= 0.3 is 29.6 Å². The Balaban J connectivity index is 0. The zero-order valence-corrected chi connectivity index (χ0v) is 21.0. The summed E-state index contributed by atoms with van der Waals surface area (Å²) >= 11 is 0. The van der Waals surface area contributed by atoms with Crippen molar-refractivity contribution in [3.05, 3.63) is 0 Å². The maximum Gasteiger partial charge on any atom is 1.00 e. The van der Waals surface area contributed by atoms with E-state index in [1.165, 1.54) is 69.1 Å². The maximum atomic E-state index is 12.1. The molecule has 162 valence electrons. The number of unbranched alkanes of at least 4 members (excludes halogenated alkanes) is 12. The Morgan fingerprint density at radius 3 is 1.64 bits per heavy atom. The van der Waals surface area contributed by atoms with Gasteiger partial charge in [0, 0.05) is 19.5 Å². The van der Waals surface area contributed by atoms with Gasteiger partial charge in [0.05, 0.1) is 22.5 Å². The molecule has 6 nitrogen and oxygen atoms in total. The predicted octanol–water partition coefficient (Wildman–Crippen LogP) is 0.838. The minimum Gasteiger partial charge on any atom is -0.748 e. The number of rotatable bonds is 19. The second kappa shape index (κ2) is 20.6. The van der Waals surface area contributed by atoms with Gasteiger partial charge in [-0.1, -0.05) is 84.0 Å². The summed E-state index contributed by atoms with van der Waals surface area (Å²) in [6.07, 6.45) is 16.4. The second-order valence-electron chi connectivity index (χ2n) is 7.36. The van der Waals surface area contributed by atoms with Gasteiger partial charge in [-0.15, -0.1) is 0 Å². The number of amides is 1. The second-order valence-corrected chi connectivity index (χ2v) is 8.88. The van der Waals surface area contributed by atoms with Crippen molar-refractivity contribution in [2.24, 2.45) is 0 Å². The first-order valence-electron chi connectivity index (χ1n) is 10.7. The van der Waals surface area contributed by atoms with Crippen LogP contribution in [0.2, 0.25) is 0 Å². The average Bonchev–Trinajstić information content (AvgIpc) is 2.61. The van der Waals surface area contributed by atoms with Crippen molar-refractivity contribution >= 4 is 16.0 Å². The van der Waals surface area contributed by atoms with Gasteiger partial charge in [-0.3, -0.25) is 4.79 Å². The Kier molecular flexibility index (Phi) is 22.5. The summed E-state index contributed by atoms with van der Waals surface area (Å²) in [5, 5.41) is 8.98. The SMILES string of the molecule is CCCCCCCCCCCCCCCC(=O)N(CCO)CCS(=O)(=O)[O-].[Na+]. The molecule has 0 saturated heterocycles. The van der Waals surface area contributed by atoms with Gasteiger partial charge < -0.3 is 14.6 Å². The Morgan fingerprint density at radius 2 is 1.25 bits per heavy atom. The molecule has 1 N–H and O–H groups in total. The van der Waals surface area contributed by atoms with Crippen LogP contribution in [-0.2, 0) is 14.9 Å². The first-order chi connectivity index (χ1) is 12.9. The topological polar surface area (TPSA) is 97.7 Å². The van der Waals surface area contributed by atoms with E-state index in [2.05, 4.69) is 6.92 Å². The van der Waals surface area contributed by atoms with Crippen molar-refractivity contribution in [3.63, 3.8) is 0 Å². The summed E-state index contributed by atoms with van der Waals surface area (Å²) in [6, 6.07) is 0. The molecule has 0 bridgehead atoms. The molecule has 0 unspecified atom stereocenters. The van der Waals surface area contributed by atoms with Crippen LogP contribution in [0.25, 0.3) is 0 Å². The van der Waals surface area contributed by atoms with Crippen LogP contribution in [0.1, 0.15) is 96.8 Å². The molecule has 0 atom stereocenters. The van der Waals surface area contributed by atoms with Crippen LogP contribution >= 0.6 is 0 Å². The molecule has 0 aliphatic rings. The summed E-state index contributed by atoms with van der Waals surface area (Å²) in [5.41, 5.74) is 0. The van der Waals surface area contributed by atoms with E-state index in [4.69, 9.17) is 5.11 Å². The molecule has 0 fully saturated rings. The quantitative estimate of drug-likeness (QED) is 0.186. The fourth-order valence-corrected chi connectivity index (χ4v) is 3.60. The maximum absolute atomic E-state index is 12.1. The Hall–Kier alpha value is 0.340. The van der Waals surface area contributed by atoms with Crippen LogP contribution in [0.15, 0.2) is 0 Å². The van der Waals surface area contributed by atoms with Crippen molar-refractivity contribution in [2.75, 3.05) is 25.4 Å². The van der Waals surface area contributed by atoms with E-state index < -0.39 is 15.9 Å². The first kappa shape index (κ1) is 30.5. The number of carbonyl (C=O) groups is 1. The Labute approximate surface area is 194 Å². The number of hydrogen-bond donors (Lipinski definition) is 1. The van der Waals surface area contributed by atoms with Crippen molar-refractivity contribution < 1.29 is 52.4 Å². The first-order valence-corrected chi connectivity index (χ1v) is 12.3. The molecule has 0 heterocycles. The van der Waals surface area contributed by atoms with Crippen molar-refractivity contribution in [1.82, 2.24) is 4.90 Å². The Morgan fingerprint density at radius 1 is 0.821 bits per heavy atom. The number of aliphatic hydroxyl groups excluding tert-OH is 1. The molecule has 0 aliphatic heterocycles. The Bertz CT molecular complexity index is 460. The van der Waals surface area contributed by atoms with Gasteiger partial charge in [0.1, 0.15) is 0 Å². The summed E-state index contributed by atoms with van der Waals surface area (Å²) in [6.45, 7) is 1.95. The zero-order valence-electron chi connectivity index (χ0n) is 18.2. The number of aliphatic hydroxyl groups is 1. The molecule has 0 rings (SSSR count). The van der Waals surface area contributed by atoms with E-state index in [-0.39, 0.29) is 55.2 Å². The third-order valence-electron chi connectivity index (χ3n) is 4.83. The number of hydrogen-bond acceptors (Lipinski definition) is 5. The standard InChI is InChI=1S/C20H41NO5S.Na/c1-2-3-4-5-6-7-8-9-10-11-12-13-14-15-20(23)21(16-18-22)17-19-27(24,25)26;/h22H,2-19H2,1H3,(H,24,25,26);/q;+1/p-1. The zero-order chi connectivity index (χ0) is 20.4. The van der Waals surface area contributed by atoms with Gasteiger partial charge in [0.25, 0.3) is 0 Å². The molecule has 0 aromatic rings. The van der Waals surface area contributed by atoms with E-state index >= 15 is 0 Å². The van der Waals surface area contributed by atoms with Gasteiger partial charge in [-0.2, -0.15) is 0 Å². The minimum absolute atomic E-state index is 0. The van der Waals surface area contributed by atoms with Crippen LogP contribution in [0.5, 0.6) is 0 Å². The van der Waals surface area contributed by atoms with E-state index in [9.17, 15) is 17.8 Å². The van der Waals surface area contributed by atoms with Gasteiger partial charge in [-0.25, -0.2) is 8.42 Å². The molecule has 0 aromatic heterocycles. The third kappa shape index (κ3) is 21.1. The molecule has 28 heavy (non-hydrogen) atoms. The molecular formula is C20H40NNaO5S. The van der Waals surface area contributed by atoms with E-state index in [0.29, 0.717) is 6.42 Å². The van der Waals surface area contributed by atoms with Crippen molar-refractivity contribution in [3.8, 4) is 0 Å². The van der Waals surface area contributed by atoms with E-state index in [0.717, 1.165) is 19.3 Å². The number of carbonyl (C=O) groups excluding carboxylic acids is 1. The molecule has 0 aliphatic carbocycles. The molecule has 0 spiro atoms. The monoisotopic (exact) mass is 429 g/mol. The normalized spacial score (nSPS) is 11.2. The van der Waals surface area contributed by atoms with Crippen LogP contribution in [0.3, 0.4) is 0 Å². The van der Waals surface area contributed by atoms with Gasteiger partial charge in [0.2, 0.25) is 5.91 Å². The van der Waals surface area contributed by atoms with Crippen LogP contribution in [-0.4, -0.2) is 54.3 Å². The fourth-order valence-electron chi connectivity index (χ4n) is 3.16. The average molecular weight is 430 g/mol. The van der Waals surface area contributed by atoms with Gasteiger partial charge in [0.15, 0.2) is 0 Å². The van der Waals surface area contributed by atoms with E-state index in [1.54, 1.807) is 0 Å². The summed E-state index contributed by atoms with van der Waals surface area (Å²) < 4.78 is 32.1. The molecule has 0 aromatic carbocycles. The minimum atomic E-state index is -4.35. The summed E-state index contributed by atoms with van der Waals surface area (Å²) in [4.78, 5) is 13.3. The van der Waals surface area contributed by atoms with Crippen molar-refractivity contribution in [2.45, 2.75) is 96.8 Å². The summed E-state index contributed by atoms with van der Waals surface area (Å²) in [5.74, 6) is -0.784. The van der Waals surface area contributed by atoms with Gasteiger partial charge in [-0.05, 0) is 6.42 Å². The third-order valence-corrected chi connectivity index (χ3v) is 5.51. The largest absolute Gasteiger partial charge is 1.00 e. The van der Waals surface area contributed by atoms with Crippen molar-refractivity contribution in [1.29, 1.82) is 0 Å².